The Morgan fingerprint density at radius 2 is 1.96 bits per heavy atom. The molecule has 3 heterocycles. The number of likely N-dealkylation sites (N-methyl/N-ethyl adjacent to an activating group) is 1. The van der Waals surface area contributed by atoms with Gasteiger partial charge in [0.15, 0.2) is 0 Å². The molecule has 4 nitrogen and oxygen atoms in total. The van der Waals surface area contributed by atoms with E-state index in [9.17, 15) is 0 Å². The lowest BCUT2D eigenvalue weighted by atomic mass is 10.0. The predicted octanol–water partition coefficient (Wildman–Crippen LogP) is 4.20. The molecule has 1 atom stereocenters. The zero-order valence-corrected chi connectivity index (χ0v) is 15.9. The van der Waals surface area contributed by atoms with Crippen LogP contribution in [0.5, 0.6) is 0 Å². The van der Waals surface area contributed by atoms with Gasteiger partial charge in [0.2, 0.25) is 0 Å². The molecule has 0 N–H and O–H groups in total. The number of thiophene rings is 1. The minimum atomic E-state index is 0.584. The van der Waals surface area contributed by atoms with Crippen molar-refractivity contribution in [1.82, 2.24) is 14.9 Å². The van der Waals surface area contributed by atoms with Crippen LogP contribution in [0.1, 0.15) is 18.4 Å². The molecule has 4 rings (SSSR count). The third kappa shape index (κ3) is 3.14. The van der Waals surface area contributed by atoms with E-state index in [1.165, 1.54) is 34.9 Å². The van der Waals surface area contributed by atoms with E-state index in [0.29, 0.717) is 6.04 Å². The molecule has 0 bridgehead atoms. The molecular formula is C20H24N4S. The number of nitrogens with zero attached hydrogens (tertiary/aromatic N) is 4. The van der Waals surface area contributed by atoms with Gasteiger partial charge in [-0.1, -0.05) is 29.8 Å². The first-order valence-corrected chi connectivity index (χ1v) is 9.72. The maximum atomic E-state index is 4.70. The van der Waals surface area contributed by atoms with E-state index in [4.69, 9.17) is 4.98 Å². The molecule has 1 unspecified atom stereocenters. The van der Waals surface area contributed by atoms with Gasteiger partial charge in [0, 0.05) is 30.1 Å². The molecule has 1 saturated heterocycles. The Hall–Kier alpha value is -1.98. The number of piperidine rings is 1. The van der Waals surface area contributed by atoms with Crippen LogP contribution in [0.2, 0.25) is 0 Å². The number of aryl methyl sites for hydroxylation is 1. The predicted molar refractivity (Wildman–Crippen MR) is 107 cm³/mol. The van der Waals surface area contributed by atoms with Crippen LogP contribution in [-0.2, 0) is 0 Å². The lowest BCUT2D eigenvalue weighted by Crippen LogP contribution is -2.45. The standard InChI is InChI=1S/C20H24N4S/c1-14-6-8-15(9-7-14)17-12-25-20-18(17)19(21-13-22-20)24-10-4-5-16(11-24)23(2)3/h6-9,12-13,16H,4-5,10-11H2,1-3H3. The number of aromatic nitrogens is 2. The van der Waals surface area contributed by atoms with Crippen LogP contribution in [0.25, 0.3) is 21.3 Å². The summed E-state index contributed by atoms with van der Waals surface area (Å²) in [6.07, 6.45) is 4.18. The number of rotatable bonds is 3. The second-order valence-electron chi connectivity index (χ2n) is 7.10. The lowest BCUT2D eigenvalue weighted by molar-refractivity contribution is 0.257. The average Bonchev–Trinajstić information content (AvgIpc) is 3.06. The Kier molecular flexibility index (Phi) is 4.44. The zero-order chi connectivity index (χ0) is 17.4. The van der Waals surface area contributed by atoms with Crippen molar-refractivity contribution in [1.29, 1.82) is 0 Å². The van der Waals surface area contributed by atoms with Crippen molar-refractivity contribution in [2.75, 3.05) is 32.1 Å². The smallest absolute Gasteiger partial charge is 0.141 e. The molecule has 0 saturated carbocycles. The number of fused-ring (bicyclic) bond motifs is 1. The Bertz CT molecular complexity index is 869. The quantitative estimate of drug-likeness (QED) is 0.707. The molecule has 3 aromatic rings. The maximum absolute atomic E-state index is 4.70. The topological polar surface area (TPSA) is 32.3 Å². The van der Waals surface area contributed by atoms with E-state index in [0.717, 1.165) is 23.7 Å². The van der Waals surface area contributed by atoms with Crippen LogP contribution in [0.4, 0.5) is 5.82 Å². The minimum absolute atomic E-state index is 0.584. The van der Waals surface area contributed by atoms with Gasteiger partial charge in [-0.05, 0) is 39.4 Å². The minimum Gasteiger partial charge on any atom is -0.354 e. The summed E-state index contributed by atoms with van der Waals surface area (Å²) in [5, 5.41) is 3.43. The van der Waals surface area contributed by atoms with Gasteiger partial charge in [-0.15, -0.1) is 11.3 Å². The monoisotopic (exact) mass is 352 g/mol. The number of benzene rings is 1. The van der Waals surface area contributed by atoms with Gasteiger partial charge in [-0.25, -0.2) is 9.97 Å². The highest BCUT2D eigenvalue weighted by atomic mass is 32.1. The molecule has 0 spiro atoms. The first kappa shape index (κ1) is 16.5. The molecule has 1 aliphatic heterocycles. The third-order valence-electron chi connectivity index (χ3n) is 5.14. The van der Waals surface area contributed by atoms with Crippen LogP contribution in [-0.4, -0.2) is 48.1 Å². The highest BCUT2D eigenvalue weighted by Crippen LogP contribution is 2.38. The van der Waals surface area contributed by atoms with Crippen LogP contribution in [0.15, 0.2) is 36.0 Å². The molecule has 5 heteroatoms. The first-order valence-electron chi connectivity index (χ1n) is 8.84. The van der Waals surface area contributed by atoms with Crippen LogP contribution in [0, 0.1) is 6.92 Å². The molecule has 130 valence electrons. The van der Waals surface area contributed by atoms with E-state index >= 15 is 0 Å². The van der Waals surface area contributed by atoms with Gasteiger partial charge in [0.05, 0.1) is 5.39 Å². The first-order chi connectivity index (χ1) is 12.1. The molecule has 0 radical (unpaired) electrons. The molecule has 1 aliphatic rings. The SMILES string of the molecule is Cc1ccc(-c2csc3ncnc(N4CCCC(N(C)C)C4)c23)cc1. The van der Waals surface area contributed by atoms with Gasteiger partial charge >= 0.3 is 0 Å². The summed E-state index contributed by atoms with van der Waals surface area (Å²) < 4.78 is 0. The van der Waals surface area contributed by atoms with E-state index in [1.807, 2.05) is 0 Å². The van der Waals surface area contributed by atoms with Gasteiger partial charge < -0.3 is 9.80 Å². The van der Waals surface area contributed by atoms with Gasteiger partial charge in [0.1, 0.15) is 17.0 Å². The van der Waals surface area contributed by atoms with Gasteiger partial charge in [-0.2, -0.15) is 0 Å². The van der Waals surface area contributed by atoms with Crippen molar-refractivity contribution in [3.8, 4) is 11.1 Å². The van der Waals surface area contributed by atoms with Crippen molar-refractivity contribution >= 4 is 27.4 Å². The Labute approximate surface area is 153 Å². The maximum Gasteiger partial charge on any atom is 0.141 e. The average molecular weight is 353 g/mol. The fourth-order valence-corrected chi connectivity index (χ4v) is 4.52. The largest absolute Gasteiger partial charge is 0.354 e. The van der Waals surface area contributed by atoms with Crippen LogP contribution in [0.3, 0.4) is 0 Å². The molecule has 0 aliphatic carbocycles. The van der Waals surface area contributed by atoms with Crippen LogP contribution < -0.4 is 4.90 Å². The van der Waals surface area contributed by atoms with Crippen molar-refractivity contribution in [3.05, 3.63) is 41.5 Å². The fraction of sp³-hybridized carbons (Fsp3) is 0.400. The summed E-state index contributed by atoms with van der Waals surface area (Å²) in [4.78, 5) is 15.1. The Balaban J connectivity index is 1.79. The zero-order valence-electron chi connectivity index (χ0n) is 15.1. The summed E-state index contributed by atoms with van der Waals surface area (Å²) >= 11 is 1.71. The number of anilines is 1. The summed E-state index contributed by atoms with van der Waals surface area (Å²) in [7, 11) is 4.35. The van der Waals surface area contributed by atoms with Gasteiger partial charge in [-0.3, -0.25) is 0 Å². The Morgan fingerprint density at radius 1 is 1.16 bits per heavy atom. The molecule has 2 aromatic heterocycles. The summed E-state index contributed by atoms with van der Waals surface area (Å²) in [6.45, 7) is 4.22. The summed E-state index contributed by atoms with van der Waals surface area (Å²) in [5.74, 6) is 1.09. The molecular weight excluding hydrogens is 328 g/mol. The number of hydrogen-bond acceptors (Lipinski definition) is 5. The van der Waals surface area contributed by atoms with Crippen molar-refractivity contribution in [3.63, 3.8) is 0 Å². The summed E-state index contributed by atoms with van der Waals surface area (Å²) in [5.41, 5.74) is 3.78. The van der Waals surface area contributed by atoms with Crippen molar-refractivity contribution in [2.45, 2.75) is 25.8 Å². The molecule has 1 fully saturated rings. The second-order valence-corrected chi connectivity index (χ2v) is 7.96. The van der Waals surface area contributed by atoms with E-state index in [1.54, 1.807) is 17.7 Å². The van der Waals surface area contributed by atoms with Gasteiger partial charge in [0.25, 0.3) is 0 Å². The highest BCUT2D eigenvalue weighted by molar-refractivity contribution is 7.17. The van der Waals surface area contributed by atoms with Crippen LogP contribution >= 0.6 is 11.3 Å². The molecule has 1 aromatic carbocycles. The lowest BCUT2D eigenvalue weighted by Gasteiger charge is -2.37. The van der Waals surface area contributed by atoms with Crippen molar-refractivity contribution < 1.29 is 0 Å². The van der Waals surface area contributed by atoms with E-state index < -0.39 is 0 Å². The number of hydrogen-bond donors (Lipinski definition) is 0. The highest BCUT2D eigenvalue weighted by Gasteiger charge is 2.25. The van der Waals surface area contributed by atoms with E-state index in [-0.39, 0.29) is 0 Å². The Morgan fingerprint density at radius 3 is 2.72 bits per heavy atom. The molecule has 25 heavy (non-hydrogen) atoms. The van der Waals surface area contributed by atoms with Crippen molar-refractivity contribution in [2.24, 2.45) is 0 Å². The van der Waals surface area contributed by atoms with E-state index in [2.05, 4.69) is 65.4 Å². The second kappa shape index (κ2) is 6.73. The normalized spacial score (nSPS) is 18.2. The summed E-state index contributed by atoms with van der Waals surface area (Å²) in [6, 6.07) is 9.33. The fourth-order valence-electron chi connectivity index (χ4n) is 3.61. The third-order valence-corrected chi connectivity index (χ3v) is 6.03. The molecule has 0 amide bonds.